The summed E-state index contributed by atoms with van der Waals surface area (Å²) in [6.07, 6.45) is 1.04. The third-order valence-electron chi connectivity index (χ3n) is 2.76. The molecule has 1 aromatic rings. The van der Waals surface area contributed by atoms with Crippen LogP contribution in [0.1, 0.15) is 25.0 Å². The molecule has 0 saturated heterocycles. The molecule has 0 aliphatic carbocycles. The van der Waals surface area contributed by atoms with Crippen LogP contribution in [-0.2, 0) is 27.2 Å². The fourth-order valence-electron chi connectivity index (χ4n) is 1.80. The summed E-state index contributed by atoms with van der Waals surface area (Å²) in [6, 6.07) is 8.39. The van der Waals surface area contributed by atoms with Crippen LogP contribution in [0.15, 0.2) is 24.3 Å². The van der Waals surface area contributed by atoms with Crippen LogP contribution >= 0.6 is 0 Å². The number of aryl methyl sites for hydroxylation is 1. The lowest BCUT2D eigenvalue weighted by atomic mass is 10.1. The number of rotatable bonds is 9. The quantitative estimate of drug-likeness (QED) is 0.547. The van der Waals surface area contributed by atoms with Gasteiger partial charge in [0.15, 0.2) is 0 Å². The molecule has 0 saturated carbocycles. The molecule has 0 bridgehead atoms. The molecule has 0 atom stereocenters. The Morgan fingerprint density at radius 2 is 1.95 bits per heavy atom. The van der Waals surface area contributed by atoms with E-state index in [-0.39, 0.29) is 12.6 Å². The van der Waals surface area contributed by atoms with Gasteiger partial charge in [-0.3, -0.25) is 0 Å². The lowest BCUT2D eigenvalue weighted by molar-refractivity contribution is -0.148. The van der Waals surface area contributed by atoms with Gasteiger partial charge in [0.25, 0.3) is 0 Å². The van der Waals surface area contributed by atoms with Crippen molar-refractivity contribution in [1.29, 1.82) is 0 Å². The van der Waals surface area contributed by atoms with Gasteiger partial charge in [0, 0.05) is 13.1 Å². The highest BCUT2D eigenvalue weighted by atomic mass is 16.6. The van der Waals surface area contributed by atoms with Crippen molar-refractivity contribution in [3.63, 3.8) is 0 Å². The molecule has 19 heavy (non-hydrogen) atoms. The van der Waals surface area contributed by atoms with E-state index in [1.165, 1.54) is 11.1 Å². The summed E-state index contributed by atoms with van der Waals surface area (Å²) in [6.45, 7) is 6.42. The van der Waals surface area contributed by atoms with Crippen molar-refractivity contribution in [2.45, 2.75) is 26.8 Å². The van der Waals surface area contributed by atoms with Gasteiger partial charge in [-0.05, 0) is 24.5 Å². The van der Waals surface area contributed by atoms with Gasteiger partial charge < -0.3 is 14.8 Å². The Hall–Kier alpha value is -1.39. The number of hydrogen-bond acceptors (Lipinski definition) is 4. The second-order valence-electron chi connectivity index (χ2n) is 4.16. The van der Waals surface area contributed by atoms with Crippen LogP contribution in [0.5, 0.6) is 0 Å². The number of nitrogens with one attached hydrogen (secondary N) is 1. The van der Waals surface area contributed by atoms with Gasteiger partial charge in [0.2, 0.25) is 0 Å². The summed E-state index contributed by atoms with van der Waals surface area (Å²) in [5.41, 5.74) is 2.68. The maximum atomic E-state index is 11.0. The number of esters is 1. The van der Waals surface area contributed by atoms with Gasteiger partial charge in [-0.2, -0.15) is 0 Å². The number of hydrogen-bond donors (Lipinski definition) is 1. The van der Waals surface area contributed by atoms with Crippen molar-refractivity contribution in [1.82, 2.24) is 5.32 Å². The summed E-state index contributed by atoms with van der Waals surface area (Å²) in [5.74, 6) is -0.307. The number of ether oxygens (including phenoxy) is 2. The minimum Gasteiger partial charge on any atom is -0.464 e. The zero-order valence-electron chi connectivity index (χ0n) is 11.8. The van der Waals surface area contributed by atoms with E-state index < -0.39 is 0 Å². The Balaban J connectivity index is 2.12. The highest BCUT2D eigenvalue weighted by Gasteiger charge is 2.01. The molecule has 0 aliphatic rings. The van der Waals surface area contributed by atoms with Crippen LogP contribution in [-0.4, -0.2) is 32.3 Å². The Morgan fingerprint density at radius 3 is 2.63 bits per heavy atom. The van der Waals surface area contributed by atoms with Crippen molar-refractivity contribution in [2.75, 3.05) is 26.4 Å². The summed E-state index contributed by atoms with van der Waals surface area (Å²) in [4.78, 5) is 11.0. The first-order chi connectivity index (χ1) is 9.27. The fourth-order valence-corrected chi connectivity index (χ4v) is 1.80. The van der Waals surface area contributed by atoms with Crippen molar-refractivity contribution in [2.24, 2.45) is 0 Å². The van der Waals surface area contributed by atoms with Crippen LogP contribution in [0.2, 0.25) is 0 Å². The maximum absolute atomic E-state index is 11.0. The summed E-state index contributed by atoms with van der Waals surface area (Å²) in [7, 11) is 0. The third-order valence-corrected chi connectivity index (χ3v) is 2.76. The molecule has 106 valence electrons. The molecule has 1 rings (SSSR count). The first-order valence-electron chi connectivity index (χ1n) is 6.78. The zero-order valence-corrected chi connectivity index (χ0v) is 11.8. The van der Waals surface area contributed by atoms with Crippen LogP contribution < -0.4 is 5.32 Å². The molecule has 4 heteroatoms. The molecule has 0 amide bonds. The van der Waals surface area contributed by atoms with Crippen LogP contribution in [0.3, 0.4) is 0 Å². The normalized spacial score (nSPS) is 10.4. The van der Waals surface area contributed by atoms with E-state index in [0.29, 0.717) is 13.2 Å². The average Bonchev–Trinajstić information content (AvgIpc) is 2.43. The summed E-state index contributed by atoms with van der Waals surface area (Å²) in [5, 5.41) is 3.31. The number of benzene rings is 1. The number of carbonyl (C=O) groups is 1. The van der Waals surface area contributed by atoms with Gasteiger partial charge in [-0.25, -0.2) is 4.79 Å². The van der Waals surface area contributed by atoms with Gasteiger partial charge in [-0.15, -0.1) is 0 Å². The molecule has 1 aromatic carbocycles. The van der Waals surface area contributed by atoms with Gasteiger partial charge in [0.05, 0.1) is 13.2 Å². The second kappa shape index (κ2) is 9.53. The van der Waals surface area contributed by atoms with Crippen LogP contribution in [0.25, 0.3) is 0 Å². The summed E-state index contributed by atoms with van der Waals surface area (Å²) < 4.78 is 9.97. The predicted molar refractivity (Wildman–Crippen MR) is 75.0 cm³/mol. The molecule has 0 aromatic heterocycles. The highest BCUT2D eigenvalue weighted by Crippen LogP contribution is 2.08. The molecule has 0 spiro atoms. The molecule has 0 heterocycles. The molecule has 0 radical (unpaired) electrons. The molecule has 0 unspecified atom stereocenters. The second-order valence-corrected chi connectivity index (χ2v) is 4.16. The third kappa shape index (κ3) is 6.36. The minimum absolute atomic E-state index is 0.0288. The predicted octanol–water partition coefficient (Wildman–Crippen LogP) is 1.92. The van der Waals surface area contributed by atoms with Crippen molar-refractivity contribution in [3.8, 4) is 0 Å². The molecule has 1 N–H and O–H groups in total. The molecule has 0 fully saturated rings. The molecule has 4 nitrogen and oxygen atoms in total. The van der Waals surface area contributed by atoms with E-state index in [2.05, 4.69) is 30.4 Å². The highest BCUT2D eigenvalue weighted by molar-refractivity contribution is 5.70. The Labute approximate surface area is 115 Å². The smallest absolute Gasteiger partial charge is 0.332 e. The van der Waals surface area contributed by atoms with Crippen molar-refractivity contribution in [3.05, 3.63) is 35.4 Å². The van der Waals surface area contributed by atoms with Gasteiger partial charge in [-0.1, -0.05) is 31.2 Å². The van der Waals surface area contributed by atoms with E-state index in [1.54, 1.807) is 6.92 Å². The van der Waals surface area contributed by atoms with E-state index >= 15 is 0 Å². The lowest BCUT2D eigenvalue weighted by Gasteiger charge is -2.09. The van der Waals surface area contributed by atoms with E-state index in [0.717, 1.165) is 19.5 Å². The Morgan fingerprint density at radius 1 is 1.21 bits per heavy atom. The SMILES string of the molecule is CCOC(=O)COCCNCc1ccccc1CC. The summed E-state index contributed by atoms with van der Waals surface area (Å²) >= 11 is 0. The van der Waals surface area contributed by atoms with Crippen molar-refractivity contribution < 1.29 is 14.3 Å². The lowest BCUT2D eigenvalue weighted by Crippen LogP contribution is -2.22. The van der Waals surface area contributed by atoms with E-state index in [9.17, 15) is 4.79 Å². The largest absolute Gasteiger partial charge is 0.464 e. The zero-order chi connectivity index (χ0) is 13.9. The van der Waals surface area contributed by atoms with E-state index in [4.69, 9.17) is 9.47 Å². The van der Waals surface area contributed by atoms with Gasteiger partial charge >= 0.3 is 5.97 Å². The fraction of sp³-hybridized carbons (Fsp3) is 0.533. The van der Waals surface area contributed by atoms with Gasteiger partial charge in [0.1, 0.15) is 6.61 Å². The number of carbonyl (C=O) groups excluding carboxylic acids is 1. The first kappa shape index (κ1) is 15.7. The monoisotopic (exact) mass is 265 g/mol. The molecule has 0 aliphatic heterocycles. The average molecular weight is 265 g/mol. The van der Waals surface area contributed by atoms with Crippen molar-refractivity contribution >= 4 is 5.97 Å². The maximum Gasteiger partial charge on any atom is 0.332 e. The van der Waals surface area contributed by atoms with Crippen LogP contribution in [0.4, 0.5) is 0 Å². The molecular weight excluding hydrogens is 242 g/mol. The standard InChI is InChI=1S/C15H23NO3/c1-3-13-7-5-6-8-14(13)11-16-9-10-18-12-15(17)19-4-2/h5-8,16H,3-4,9-12H2,1-2H3. The minimum atomic E-state index is -0.307. The molecular formula is C15H23NO3. The Kier molecular flexibility index (Phi) is 7.86. The van der Waals surface area contributed by atoms with E-state index in [1.807, 2.05) is 6.07 Å². The topological polar surface area (TPSA) is 47.6 Å². The Bertz CT molecular complexity index is 379. The first-order valence-corrected chi connectivity index (χ1v) is 6.78. The van der Waals surface area contributed by atoms with Crippen LogP contribution in [0, 0.1) is 0 Å².